The van der Waals surface area contributed by atoms with Crippen LogP contribution in [-0.4, -0.2) is 12.0 Å². The summed E-state index contributed by atoms with van der Waals surface area (Å²) in [5, 5.41) is 4.05. The van der Waals surface area contributed by atoms with Crippen LogP contribution >= 0.6 is 39.1 Å². The number of halogens is 3. The fourth-order valence-electron chi connectivity index (χ4n) is 1.48. The van der Waals surface area contributed by atoms with Crippen molar-refractivity contribution in [3.05, 3.63) is 50.5 Å². The van der Waals surface area contributed by atoms with Crippen LogP contribution in [0.1, 0.15) is 5.56 Å². The zero-order valence-corrected chi connectivity index (χ0v) is 13.2. The molecule has 100 valence electrons. The van der Waals surface area contributed by atoms with E-state index in [4.69, 9.17) is 27.9 Å². The van der Waals surface area contributed by atoms with Gasteiger partial charge in [0.2, 0.25) is 5.88 Å². The van der Waals surface area contributed by atoms with Gasteiger partial charge >= 0.3 is 0 Å². The Balaban J connectivity index is 2.19. The molecule has 1 N–H and O–H groups in total. The first-order chi connectivity index (χ1) is 9.10. The van der Waals surface area contributed by atoms with Crippen LogP contribution in [0, 0.1) is 0 Å². The summed E-state index contributed by atoms with van der Waals surface area (Å²) >= 11 is 15.4. The van der Waals surface area contributed by atoms with Gasteiger partial charge in [0.15, 0.2) is 0 Å². The third-order valence-electron chi connectivity index (χ3n) is 2.37. The van der Waals surface area contributed by atoms with Crippen LogP contribution in [0.2, 0.25) is 10.0 Å². The Morgan fingerprint density at radius 1 is 1.26 bits per heavy atom. The lowest BCUT2D eigenvalue weighted by Crippen LogP contribution is -2.05. The summed E-state index contributed by atoms with van der Waals surface area (Å²) in [6.07, 6.45) is 1.75. The maximum absolute atomic E-state index is 6.08. The maximum atomic E-state index is 6.08. The van der Waals surface area contributed by atoms with Gasteiger partial charge in [0, 0.05) is 29.3 Å². The zero-order chi connectivity index (χ0) is 13.8. The first-order valence-electron chi connectivity index (χ1n) is 5.52. The van der Waals surface area contributed by atoms with E-state index < -0.39 is 0 Å². The second kappa shape index (κ2) is 6.57. The Morgan fingerprint density at radius 3 is 2.68 bits per heavy atom. The van der Waals surface area contributed by atoms with Crippen LogP contribution in [0.4, 0.5) is 0 Å². The number of nitrogens with one attached hydrogen (secondary N) is 1. The normalized spacial score (nSPS) is 10.5. The summed E-state index contributed by atoms with van der Waals surface area (Å²) in [6.45, 7) is 0.762. The van der Waals surface area contributed by atoms with E-state index in [9.17, 15) is 0 Å². The van der Waals surface area contributed by atoms with Gasteiger partial charge in [-0.25, -0.2) is 4.98 Å². The molecule has 0 aliphatic heterocycles. The largest absolute Gasteiger partial charge is 0.437 e. The molecule has 0 aliphatic carbocycles. The second-order valence-corrected chi connectivity index (χ2v) is 5.50. The fraction of sp³-hybridized carbons (Fsp3) is 0.154. The molecular formula is C13H11BrCl2N2O. The van der Waals surface area contributed by atoms with Gasteiger partial charge in [-0.15, -0.1) is 0 Å². The number of aromatic nitrogens is 1. The Hall–Kier alpha value is -0.810. The molecule has 2 aromatic rings. The zero-order valence-electron chi connectivity index (χ0n) is 10.1. The van der Waals surface area contributed by atoms with Gasteiger partial charge in [0.05, 0.1) is 10.0 Å². The minimum absolute atomic E-state index is 0.470. The monoisotopic (exact) mass is 360 g/mol. The van der Waals surface area contributed by atoms with Crippen molar-refractivity contribution in [1.82, 2.24) is 10.3 Å². The molecule has 2 rings (SSSR count). The van der Waals surface area contributed by atoms with Crippen molar-refractivity contribution in [2.24, 2.45) is 0 Å². The highest BCUT2D eigenvalue weighted by Crippen LogP contribution is 2.35. The molecule has 0 radical (unpaired) electrons. The minimum Gasteiger partial charge on any atom is -0.437 e. The third-order valence-corrected chi connectivity index (χ3v) is 3.86. The van der Waals surface area contributed by atoms with E-state index in [1.807, 2.05) is 13.1 Å². The molecule has 1 aromatic heterocycles. The highest BCUT2D eigenvalue weighted by atomic mass is 79.9. The molecule has 1 heterocycles. The van der Waals surface area contributed by atoms with E-state index in [2.05, 4.69) is 26.2 Å². The topological polar surface area (TPSA) is 34.1 Å². The molecular weight excluding hydrogens is 351 g/mol. The van der Waals surface area contributed by atoms with Crippen LogP contribution in [-0.2, 0) is 6.54 Å². The van der Waals surface area contributed by atoms with Crippen molar-refractivity contribution < 1.29 is 4.74 Å². The minimum atomic E-state index is 0.470. The summed E-state index contributed by atoms with van der Waals surface area (Å²) in [5.74, 6) is 0.948. The summed E-state index contributed by atoms with van der Waals surface area (Å²) in [5.41, 5.74) is 1.08. The van der Waals surface area contributed by atoms with Crippen LogP contribution in [0.15, 0.2) is 34.9 Å². The number of nitrogens with zero attached hydrogens (tertiary/aromatic N) is 1. The van der Waals surface area contributed by atoms with Crippen molar-refractivity contribution in [2.75, 3.05) is 7.05 Å². The van der Waals surface area contributed by atoms with E-state index >= 15 is 0 Å². The first kappa shape index (κ1) is 14.6. The quantitative estimate of drug-likeness (QED) is 0.804. The predicted octanol–water partition coefficient (Wildman–Crippen LogP) is 4.66. The Morgan fingerprint density at radius 2 is 2.05 bits per heavy atom. The van der Waals surface area contributed by atoms with E-state index in [0.29, 0.717) is 21.7 Å². The van der Waals surface area contributed by atoms with Gasteiger partial charge in [0.25, 0.3) is 0 Å². The van der Waals surface area contributed by atoms with Gasteiger partial charge < -0.3 is 10.1 Å². The van der Waals surface area contributed by atoms with Crippen molar-refractivity contribution >= 4 is 39.1 Å². The molecule has 3 nitrogen and oxygen atoms in total. The standard InChI is InChI=1S/C13H11BrCl2N2O/c1-17-6-8-2-3-13(18-7-8)19-12-5-10(15)9(14)4-11(12)16/h2-5,7,17H,6H2,1H3. The lowest BCUT2D eigenvalue weighted by atomic mass is 10.3. The number of rotatable bonds is 4. The van der Waals surface area contributed by atoms with Crippen molar-refractivity contribution in [1.29, 1.82) is 0 Å². The van der Waals surface area contributed by atoms with Crippen LogP contribution in [0.3, 0.4) is 0 Å². The van der Waals surface area contributed by atoms with Gasteiger partial charge in [0.1, 0.15) is 5.75 Å². The molecule has 19 heavy (non-hydrogen) atoms. The summed E-state index contributed by atoms with van der Waals surface area (Å²) in [7, 11) is 1.88. The van der Waals surface area contributed by atoms with E-state index in [-0.39, 0.29) is 0 Å². The number of hydrogen-bond donors (Lipinski definition) is 1. The molecule has 0 saturated heterocycles. The Kier molecular flexibility index (Phi) is 5.05. The molecule has 0 atom stereocenters. The van der Waals surface area contributed by atoms with Gasteiger partial charge in [-0.1, -0.05) is 29.3 Å². The van der Waals surface area contributed by atoms with Gasteiger partial charge in [-0.05, 0) is 34.6 Å². The average Bonchev–Trinajstić information content (AvgIpc) is 2.38. The average molecular weight is 362 g/mol. The van der Waals surface area contributed by atoms with Crippen LogP contribution < -0.4 is 10.1 Å². The molecule has 0 amide bonds. The summed E-state index contributed by atoms with van der Waals surface area (Å²) < 4.78 is 6.34. The van der Waals surface area contributed by atoms with Crippen molar-refractivity contribution in [2.45, 2.75) is 6.54 Å². The molecule has 0 fully saturated rings. The molecule has 0 unspecified atom stereocenters. The SMILES string of the molecule is CNCc1ccc(Oc2cc(Cl)c(Br)cc2Cl)nc1. The first-order valence-corrected chi connectivity index (χ1v) is 7.07. The summed E-state index contributed by atoms with van der Waals surface area (Å²) in [6, 6.07) is 7.07. The molecule has 0 bridgehead atoms. The van der Waals surface area contributed by atoms with E-state index in [1.54, 1.807) is 24.4 Å². The van der Waals surface area contributed by atoms with Gasteiger partial charge in [-0.2, -0.15) is 0 Å². The van der Waals surface area contributed by atoms with Crippen molar-refractivity contribution in [3.63, 3.8) is 0 Å². The van der Waals surface area contributed by atoms with Crippen LogP contribution in [0.25, 0.3) is 0 Å². The highest BCUT2D eigenvalue weighted by molar-refractivity contribution is 9.10. The van der Waals surface area contributed by atoms with Crippen LogP contribution in [0.5, 0.6) is 11.6 Å². The summed E-state index contributed by atoms with van der Waals surface area (Å²) in [4.78, 5) is 4.21. The lowest BCUT2D eigenvalue weighted by Gasteiger charge is -2.08. The predicted molar refractivity (Wildman–Crippen MR) is 81.2 cm³/mol. The number of ether oxygens (including phenoxy) is 1. The molecule has 0 spiro atoms. The Labute approximate surface area is 130 Å². The molecule has 0 saturated carbocycles. The molecule has 1 aromatic carbocycles. The number of benzene rings is 1. The van der Waals surface area contributed by atoms with Gasteiger partial charge in [-0.3, -0.25) is 0 Å². The number of pyridine rings is 1. The Bertz CT molecular complexity index is 576. The van der Waals surface area contributed by atoms with E-state index in [1.165, 1.54) is 0 Å². The highest BCUT2D eigenvalue weighted by Gasteiger charge is 2.08. The fourth-order valence-corrected chi connectivity index (χ4v) is 2.31. The molecule has 6 heteroatoms. The maximum Gasteiger partial charge on any atom is 0.219 e. The number of hydrogen-bond acceptors (Lipinski definition) is 3. The lowest BCUT2D eigenvalue weighted by molar-refractivity contribution is 0.462. The smallest absolute Gasteiger partial charge is 0.219 e. The van der Waals surface area contributed by atoms with E-state index in [0.717, 1.165) is 16.6 Å². The second-order valence-electron chi connectivity index (χ2n) is 3.83. The third kappa shape index (κ3) is 3.83. The molecule has 0 aliphatic rings. The van der Waals surface area contributed by atoms with Crippen molar-refractivity contribution in [3.8, 4) is 11.6 Å².